The van der Waals surface area contributed by atoms with E-state index in [1.807, 2.05) is 6.07 Å². The Kier molecular flexibility index (Phi) is 6.28. The highest BCUT2D eigenvalue weighted by Crippen LogP contribution is 2.23. The molecule has 2 aromatic rings. The van der Waals surface area contributed by atoms with E-state index >= 15 is 0 Å². The van der Waals surface area contributed by atoms with Gasteiger partial charge in [0.1, 0.15) is 0 Å². The molecular weight excluding hydrogens is 363 g/mol. The van der Waals surface area contributed by atoms with Crippen LogP contribution in [0.3, 0.4) is 0 Å². The first kappa shape index (κ1) is 19.1. The molecule has 2 N–H and O–H groups in total. The maximum Gasteiger partial charge on any atom is 0.293 e. The number of nitrogens with one attached hydrogen (secondary N) is 1. The maximum absolute atomic E-state index is 12.3. The molecule has 0 aliphatic carbocycles. The lowest BCUT2D eigenvalue weighted by atomic mass is 10.0. The van der Waals surface area contributed by atoms with Crippen LogP contribution in [-0.2, 0) is 13.5 Å². The minimum atomic E-state index is -0.626. The largest absolute Gasteiger partial charge is 0.502 e. The van der Waals surface area contributed by atoms with Gasteiger partial charge in [0.2, 0.25) is 0 Å². The van der Waals surface area contributed by atoms with Crippen LogP contribution < -0.4 is 10.9 Å². The van der Waals surface area contributed by atoms with E-state index in [0.717, 1.165) is 5.56 Å². The number of pyridine rings is 1. The molecule has 0 aliphatic heterocycles. The Morgan fingerprint density at radius 3 is 2.72 bits per heavy atom. The summed E-state index contributed by atoms with van der Waals surface area (Å²) < 4.78 is 1.20. The van der Waals surface area contributed by atoms with Gasteiger partial charge in [-0.2, -0.15) is 0 Å². The molecule has 7 heteroatoms. The third-order valence-corrected chi connectivity index (χ3v) is 4.56. The van der Waals surface area contributed by atoms with Gasteiger partial charge in [0.15, 0.2) is 5.75 Å². The maximum atomic E-state index is 12.3. The molecule has 0 bridgehead atoms. The Balaban J connectivity index is 2.05. The number of halogens is 2. The molecule has 1 aromatic carbocycles. The molecule has 1 atom stereocenters. The quantitative estimate of drug-likeness (QED) is 0.755. The van der Waals surface area contributed by atoms with Crippen molar-refractivity contribution in [3.8, 4) is 5.75 Å². The fourth-order valence-electron chi connectivity index (χ4n) is 2.31. The monoisotopic (exact) mass is 380 g/mol. The molecule has 0 aliphatic rings. The summed E-state index contributed by atoms with van der Waals surface area (Å²) in [5.74, 6) is -1.11. The lowest BCUT2D eigenvalue weighted by molar-refractivity contribution is 0.0940. The minimum Gasteiger partial charge on any atom is -0.502 e. The van der Waals surface area contributed by atoms with Crippen LogP contribution in [0.15, 0.2) is 47.9 Å². The summed E-state index contributed by atoms with van der Waals surface area (Å²) in [6.07, 6.45) is 4.26. The van der Waals surface area contributed by atoms with Crippen molar-refractivity contribution in [2.75, 3.05) is 0 Å². The van der Waals surface area contributed by atoms with Crippen molar-refractivity contribution in [2.45, 2.75) is 18.9 Å². The predicted molar refractivity (Wildman–Crippen MR) is 99.6 cm³/mol. The second kappa shape index (κ2) is 8.23. The summed E-state index contributed by atoms with van der Waals surface area (Å²) in [4.78, 5) is 24.0. The molecule has 0 saturated carbocycles. The molecule has 2 rings (SSSR count). The van der Waals surface area contributed by atoms with Gasteiger partial charge in [0.25, 0.3) is 11.5 Å². The SMILES string of the molecule is C=CC(CCc1ccc(Cl)c(Cl)c1)NC(=O)c1ccn(C)c(=O)c1O. The van der Waals surface area contributed by atoms with Crippen molar-refractivity contribution in [2.24, 2.45) is 7.05 Å². The van der Waals surface area contributed by atoms with Crippen LogP contribution in [0.2, 0.25) is 10.0 Å². The molecule has 1 aromatic heterocycles. The lowest BCUT2D eigenvalue weighted by Gasteiger charge is -2.15. The number of carbonyl (C=O) groups excluding carboxylic acids is 1. The van der Waals surface area contributed by atoms with E-state index in [2.05, 4.69) is 11.9 Å². The molecular formula is C18H18Cl2N2O3. The molecule has 132 valence electrons. The fraction of sp³-hybridized carbons (Fsp3) is 0.222. The molecule has 0 fully saturated rings. The van der Waals surface area contributed by atoms with E-state index in [-0.39, 0.29) is 11.6 Å². The number of nitrogens with zero attached hydrogens (tertiary/aromatic N) is 1. The summed E-state index contributed by atoms with van der Waals surface area (Å²) in [5.41, 5.74) is 0.287. The molecule has 1 unspecified atom stereocenters. The van der Waals surface area contributed by atoms with Gasteiger partial charge in [-0.25, -0.2) is 0 Å². The average molecular weight is 381 g/mol. The highest BCUT2D eigenvalue weighted by Gasteiger charge is 2.17. The van der Waals surface area contributed by atoms with E-state index in [1.54, 1.807) is 18.2 Å². The zero-order valence-corrected chi connectivity index (χ0v) is 15.1. The zero-order chi connectivity index (χ0) is 18.6. The van der Waals surface area contributed by atoms with Gasteiger partial charge in [-0.05, 0) is 36.6 Å². The standard InChI is InChI=1S/C18H18Cl2N2O3/c1-3-12(6-4-11-5-7-14(19)15(20)10-11)21-17(24)13-8-9-22(2)18(25)16(13)23/h3,5,7-10,12,23H,1,4,6H2,2H3,(H,21,24). The predicted octanol–water partition coefficient (Wildman–Crippen LogP) is 3.31. The van der Waals surface area contributed by atoms with Crippen LogP contribution in [-0.4, -0.2) is 21.6 Å². The van der Waals surface area contributed by atoms with Gasteiger partial charge >= 0.3 is 0 Å². The van der Waals surface area contributed by atoms with E-state index in [9.17, 15) is 14.7 Å². The van der Waals surface area contributed by atoms with Crippen LogP contribution in [0.4, 0.5) is 0 Å². The summed E-state index contributed by atoms with van der Waals surface area (Å²) in [6, 6.07) is 6.43. The lowest BCUT2D eigenvalue weighted by Crippen LogP contribution is -2.34. The van der Waals surface area contributed by atoms with Crippen molar-refractivity contribution < 1.29 is 9.90 Å². The van der Waals surface area contributed by atoms with Crippen molar-refractivity contribution >= 4 is 29.1 Å². The van der Waals surface area contributed by atoms with Crippen molar-refractivity contribution in [1.82, 2.24) is 9.88 Å². The molecule has 0 spiro atoms. The van der Waals surface area contributed by atoms with E-state index in [1.165, 1.54) is 23.9 Å². The van der Waals surface area contributed by atoms with Crippen LogP contribution in [0.25, 0.3) is 0 Å². The number of benzene rings is 1. The topological polar surface area (TPSA) is 71.3 Å². The first-order valence-corrected chi connectivity index (χ1v) is 8.35. The van der Waals surface area contributed by atoms with Crippen molar-refractivity contribution in [1.29, 1.82) is 0 Å². The summed E-state index contributed by atoms with van der Waals surface area (Å²) >= 11 is 11.9. The van der Waals surface area contributed by atoms with Gasteiger partial charge < -0.3 is 15.0 Å². The Hall–Kier alpha value is -2.24. The number of hydrogen-bond acceptors (Lipinski definition) is 3. The average Bonchev–Trinajstić information content (AvgIpc) is 2.59. The number of aromatic hydroxyl groups is 1. The van der Waals surface area contributed by atoms with Gasteiger partial charge in [-0.15, -0.1) is 6.58 Å². The summed E-state index contributed by atoms with van der Waals surface area (Å²) in [5, 5.41) is 13.6. The minimum absolute atomic E-state index is 0.0653. The number of rotatable bonds is 6. The number of amides is 1. The van der Waals surface area contributed by atoms with Gasteiger partial charge in [-0.3, -0.25) is 9.59 Å². The Labute approximate surface area is 155 Å². The number of carbonyl (C=O) groups is 1. The second-order valence-corrected chi connectivity index (χ2v) is 6.41. The van der Waals surface area contributed by atoms with E-state index in [4.69, 9.17) is 23.2 Å². The van der Waals surface area contributed by atoms with Crippen LogP contribution in [0.5, 0.6) is 5.75 Å². The molecule has 1 amide bonds. The van der Waals surface area contributed by atoms with Gasteiger partial charge in [-0.1, -0.05) is 35.3 Å². The van der Waals surface area contributed by atoms with Crippen molar-refractivity contribution in [3.63, 3.8) is 0 Å². The van der Waals surface area contributed by atoms with Gasteiger partial charge in [0, 0.05) is 19.3 Å². The first-order chi connectivity index (χ1) is 11.8. The molecule has 0 radical (unpaired) electrons. The van der Waals surface area contributed by atoms with E-state index < -0.39 is 17.2 Å². The Morgan fingerprint density at radius 1 is 1.36 bits per heavy atom. The highest BCUT2D eigenvalue weighted by atomic mass is 35.5. The summed E-state index contributed by atoms with van der Waals surface area (Å²) in [6.45, 7) is 3.72. The third kappa shape index (κ3) is 4.65. The fourth-order valence-corrected chi connectivity index (χ4v) is 2.63. The van der Waals surface area contributed by atoms with Crippen LogP contribution in [0, 0.1) is 0 Å². The van der Waals surface area contributed by atoms with E-state index in [0.29, 0.717) is 22.9 Å². The first-order valence-electron chi connectivity index (χ1n) is 7.59. The van der Waals surface area contributed by atoms with Gasteiger partial charge in [0.05, 0.1) is 15.6 Å². The summed E-state index contributed by atoms with van der Waals surface area (Å²) in [7, 11) is 1.49. The van der Waals surface area contributed by atoms with Crippen LogP contribution >= 0.6 is 23.2 Å². The number of aromatic nitrogens is 1. The Morgan fingerprint density at radius 2 is 2.08 bits per heavy atom. The second-order valence-electron chi connectivity index (χ2n) is 5.60. The Bertz CT molecular complexity index is 862. The molecule has 5 nitrogen and oxygen atoms in total. The van der Waals surface area contributed by atoms with Crippen molar-refractivity contribution in [3.05, 3.63) is 74.6 Å². The zero-order valence-electron chi connectivity index (χ0n) is 13.6. The van der Waals surface area contributed by atoms with Crippen LogP contribution in [0.1, 0.15) is 22.3 Å². The number of hydrogen-bond donors (Lipinski definition) is 2. The smallest absolute Gasteiger partial charge is 0.293 e. The molecule has 0 saturated heterocycles. The molecule has 25 heavy (non-hydrogen) atoms. The number of aryl methyl sites for hydroxylation is 2. The highest BCUT2D eigenvalue weighted by molar-refractivity contribution is 6.42. The third-order valence-electron chi connectivity index (χ3n) is 3.82. The normalized spacial score (nSPS) is 11.8. The molecule has 1 heterocycles.